The molecule has 1 saturated heterocycles. The standard InChI is InChI=1S/C14H25N3O5/c1-9(2)11(12(18)22-5)15(4)13(19)16-6-7-17(14(20)21)10(3)8-16/h9-11H,6-8H2,1-5H3,(H,20,21)/t10-,11?/m0/s1. The maximum atomic E-state index is 12.6. The summed E-state index contributed by atoms with van der Waals surface area (Å²) in [6, 6.07) is -1.23. The number of carbonyl (C=O) groups is 3. The zero-order valence-electron chi connectivity index (χ0n) is 13.8. The first-order chi connectivity index (χ1) is 10.2. The Balaban J connectivity index is 2.79. The van der Waals surface area contributed by atoms with Crippen LogP contribution in [0.4, 0.5) is 9.59 Å². The molecule has 1 heterocycles. The summed E-state index contributed by atoms with van der Waals surface area (Å²) >= 11 is 0. The minimum Gasteiger partial charge on any atom is -0.467 e. The van der Waals surface area contributed by atoms with Crippen molar-refractivity contribution in [1.82, 2.24) is 14.7 Å². The van der Waals surface area contributed by atoms with E-state index in [-0.39, 0.29) is 24.5 Å². The SMILES string of the molecule is COC(=O)C(C(C)C)N(C)C(=O)N1CCN(C(=O)O)[C@@H](C)C1. The Morgan fingerprint density at radius 2 is 1.86 bits per heavy atom. The molecule has 126 valence electrons. The number of hydrogen-bond acceptors (Lipinski definition) is 4. The third kappa shape index (κ3) is 3.80. The smallest absolute Gasteiger partial charge is 0.407 e. The largest absolute Gasteiger partial charge is 0.467 e. The summed E-state index contributed by atoms with van der Waals surface area (Å²) < 4.78 is 4.76. The topological polar surface area (TPSA) is 90.4 Å². The van der Waals surface area contributed by atoms with Crippen molar-refractivity contribution in [1.29, 1.82) is 0 Å². The van der Waals surface area contributed by atoms with Gasteiger partial charge in [-0.2, -0.15) is 0 Å². The van der Waals surface area contributed by atoms with E-state index < -0.39 is 18.1 Å². The fourth-order valence-electron chi connectivity index (χ4n) is 2.76. The molecule has 8 nitrogen and oxygen atoms in total. The van der Waals surface area contributed by atoms with E-state index in [2.05, 4.69) is 0 Å². The summed E-state index contributed by atoms with van der Waals surface area (Å²) in [6.45, 7) is 6.33. The van der Waals surface area contributed by atoms with E-state index in [1.54, 1.807) is 18.9 Å². The van der Waals surface area contributed by atoms with E-state index in [1.165, 1.54) is 16.9 Å². The average molecular weight is 315 g/mol. The van der Waals surface area contributed by atoms with Gasteiger partial charge >= 0.3 is 18.1 Å². The molecule has 8 heteroatoms. The Kier molecular flexibility index (Phi) is 6.01. The lowest BCUT2D eigenvalue weighted by molar-refractivity contribution is -0.147. The van der Waals surface area contributed by atoms with Crippen LogP contribution in [0.25, 0.3) is 0 Å². The number of ether oxygens (including phenoxy) is 1. The molecule has 1 rings (SSSR count). The lowest BCUT2D eigenvalue weighted by Crippen LogP contribution is -2.59. The van der Waals surface area contributed by atoms with Gasteiger partial charge in [0.1, 0.15) is 6.04 Å². The van der Waals surface area contributed by atoms with Crippen LogP contribution in [0.1, 0.15) is 20.8 Å². The van der Waals surface area contributed by atoms with Crippen molar-refractivity contribution < 1.29 is 24.2 Å². The molecule has 0 spiro atoms. The first kappa shape index (κ1) is 18.1. The molecule has 22 heavy (non-hydrogen) atoms. The van der Waals surface area contributed by atoms with Gasteiger partial charge in [0.25, 0.3) is 0 Å². The number of carboxylic acid groups (broad SMARTS) is 1. The number of methoxy groups -OCH3 is 1. The molecule has 1 N–H and O–H groups in total. The Bertz CT molecular complexity index is 440. The minimum atomic E-state index is -0.984. The van der Waals surface area contributed by atoms with E-state index >= 15 is 0 Å². The normalized spacial score (nSPS) is 19.8. The summed E-state index contributed by atoms with van der Waals surface area (Å²) in [5.41, 5.74) is 0. The van der Waals surface area contributed by atoms with Gasteiger partial charge in [-0.25, -0.2) is 14.4 Å². The molecule has 1 aliphatic heterocycles. The zero-order valence-corrected chi connectivity index (χ0v) is 13.8. The second-order valence-corrected chi connectivity index (χ2v) is 5.88. The Morgan fingerprint density at radius 1 is 1.27 bits per heavy atom. The van der Waals surface area contributed by atoms with Crippen molar-refractivity contribution in [2.75, 3.05) is 33.8 Å². The van der Waals surface area contributed by atoms with Gasteiger partial charge in [0.2, 0.25) is 0 Å². The average Bonchev–Trinajstić information content (AvgIpc) is 2.45. The molecule has 0 radical (unpaired) electrons. The van der Waals surface area contributed by atoms with E-state index in [9.17, 15) is 14.4 Å². The van der Waals surface area contributed by atoms with Crippen molar-refractivity contribution in [2.45, 2.75) is 32.9 Å². The van der Waals surface area contributed by atoms with Crippen molar-refractivity contribution in [3.63, 3.8) is 0 Å². The zero-order chi connectivity index (χ0) is 17.0. The number of likely N-dealkylation sites (N-methyl/N-ethyl adjacent to an activating group) is 1. The lowest BCUT2D eigenvalue weighted by Gasteiger charge is -2.41. The van der Waals surface area contributed by atoms with Gasteiger partial charge in [0, 0.05) is 32.7 Å². The fourth-order valence-corrected chi connectivity index (χ4v) is 2.76. The fraction of sp³-hybridized carbons (Fsp3) is 0.786. The molecule has 1 unspecified atom stereocenters. The van der Waals surface area contributed by atoms with Crippen molar-refractivity contribution in [2.24, 2.45) is 5.92 Å². The predicted octanol–water partition coefficient (Wildman–Crippen LogP) is 0.920. The molecule has 0 aromatic heterocycles. The van der Waals surface area contributed by atoms with Crippen LogP contribution in [0.3, 0.4) is 0 Å². The van der Waals surface area contributed by atoms with Gasteiger partial charge in [-0.15, -0.1) is 0 Å². The molecule has 2 atom stereocenters. The highest BCUT2D eigenvalue weighted by molar-refractivity contribution is 5.84. The van der Waals surface area contributed by atoms with Gasteiger partial charge in [-0.3, -0.25) is 0 Å². The first-order valence-electron chi connectivity index (χ1n) is 7.29. The van der Waals surface area contributed by atoms with Crippen LogP contribution in [-0.2, 0) is 9.53 Å². The van der Waals surface area contributed by atoms with Gasteiger partial charge < -0.3 is 24.5 Å². The van der Waals surface area contributed by atoms with E-state index in [0.717, 1.165) is 0 Å². The first-order valence-corrected chi connectivity index (χ1v) is 7.29. The Hall–Kier alpha value is -1.99. The van der Waals surface area contributed by atoms with Crippen molar-refractivity contribution in [3.8, 4) is 0 Å². The molecule has 0 aliphatic carbocycles. The summed E-state index contributed by atoms with van der Waals surface area (Å²) in [5.74, 6) is -0.540. The minimum absolute atomic E-state index is 0.0841. The second kappa shape index (κ2) is 7.33. The molecule has 3 amide bonds. The van der Waals surface area contributed by atoms with E-state index in [4.69, 9.17) is 9.84 Å². The summed E-state index contributed by atoms with van der Waals surface area (Å²) in [4.78, 5) is 39.7. The number of rotatable bonds is 3. The highest BCUT2D eigenvalue weighted by Gasteiger charge is 2.36. The van der Waals surface area contributed by atoms with Gasteiger partial charge in [-0.05, 0) is 12.8 Å². The number of amides is 3. The van der Waals surface area contributed by atoms with Crippen LogP contribution in [0.5, 0.6) is 0 Å². The molecule has 0 aromatic carbocycles. The maximum absolute atomic E-state index is 12.6. The molecular weight excluding hydrogens is 290 g/mol. The molecule has 0 bridgehead atoms. The van der Waals surface area contributed by atoms with Crippen LogP contribution >= 0.6 is 0 Å². The summed E-state index contributed by atoms with van der Waals surface area (Å²) in [7, 11) is 2.86. The van der Waals surface area contributed by atoms with Gasteiger partial charge in [0.05, 0.1) is 7.11 Å². The summed E-state index contributed by atoms with van der Waals surface area (Å²) in [6.07, 6.45) is -0.984. The van der Waals surface area contributed by atoms with E-state index in [0.29, 0.717) is 13.1 Å². The number of nitrogens with zero attached hydrogens (tertiary/aromatic N) is 3. The van der Waals surface area contributed by atoms with E-state index in [1.807, 2.05) is 13.8 Å². The molecular formula is C14H25N3O5. The quantitative estimate of drug-likeness (QED) is 0.782. The van der Waals surface area contributed by atoms with Gasteiger partial charge in [0.15, 0.2) is 0 Å². The number of hydrogen-bond donors (Lipinski definition) is 1. The van der Waals surface area contributed by atoms with Crippen LogP contribution in [-0.4, -0.2) is 83.8 Å². The van der Waals surface area contributed by atoms with Crippen LogP contribution in [0, 0.1) is 5.92 Å². The van der Waals surface area contributed by atoms with Gasteiger partial charge in [-0.1, -0.05) is 13.8 Å². The molecule has 1 aliphatic rings. The highest BCUT2D eigenvalue weighted by atomic mass is 16.5. The monoisotopic (exact) mass is 315 g/mol. The highest BCUT2D eigenvalue weighted by Crippen LogP contribution is 2.16. The van der Waals surface area contributed by atoms with Crippen molar-refractivity contribution in [3.05, 3.63) is 0 Å². The number of piperazine rings is 1. The second-order valence-electron chi connectivity index (χ2n) is 5.88. The molecule has 1 fully saturated rings. The Labute approximate surface area is 130 Å². The third-order valence-corrected chi connectivity index (χ3v) is 3.94. The molecule has 0 aromatic rings. The third-order valence-electron chi connectivity index (χ3n) is 3.94. The van der Waals surface area contributed by atoms with Crippen LogP contribution < -0.4 is 0 Å². The summed E-state index contributed by atoms with van der Waals surface area (Å²) in [5, 5.41) is 9.06. The number of carbonyl (C=O) groups excluding carboxylic acids is 2. The number of urea groups is 1. The predicted molar refractivity (Wildman–Crippen MR) is 79.6 cm³/mol. The molecule has 0 saturated carbocycles. The van der Waals surface area contributed by atoms with Crippen LogP contribution in [0.15, 0.2) is 0 Å². The Morgan fingerprint density at radius 3 is 2.27 bits per heavy atom. The maximum Gasteiger partial charge on any atom is 0.407 e. The van der Waals surface area contributed by atoms with Crippen LogP contribution in [0.2, 0.25) is 0 Å². The van der Waals surface area contributed by atoms with Crippen molar-refractivity contribution >= 4 is 18.1 Å². The number of esters is 1. The lowest BCUT2D eigenvalue weighted by atomic mass is 10.0.